The lowest BCUT2D eigenvalue weighted by Crippen LogP contribution is -2.38. The van der Waals surface area contributed by atoms with Crippen molar-refractivity contribution in [3.63, 3.8) is 0 Å². The molecule has 1 heterocycles. The second kappa shape index (κ2) is 7.61. The Morgan fingerprint density at radius 3 is 2.16 bits per heavy atom. The van der Waals surface area contributed by atoms with Crippen LogP contribution in [0, 0.1) is 29.5 Å². The van der Waals surface area contributed by atoms with Crippen LogP contribution in [0.5, 0.6) is 0 Å². The summed E-state index contributed by atoms with van der Waals surface area (Å²) < 4.78 is 13.5. The highest BCUT2D eigenvalue weighted by molar-refractivity contribution is 6.30. The Morgan fingerprint density at radius 2 is 1.58 bits per heavy atom. The molecule has 1 saturated heterocycles. The van der Waals surface area contributed by atoms with E-state index in [0.29, 0.717) is 16.3 Å². The van der Waals surface area contributed by atoms with Crippen LogP contribution < -0.4 is 5.32 Å². The van der Waals surface area contributed by atoms with Gasteiger partial charge < -0.3 is 5.32 Å². The number of imide groups is 1. The third-order valence-electron chi connectivity index (χ3n) is 6.58. The molecule has 31 heavy (non-hydrogen) atoms. The second-order valence-electron chi connectivity index (χ2n) is 8.37. The van der Waals surface area contributed by atoms with Gasteiger partial charge in [0.05, 0.1) is 24.3 Å². The van der Waals surface area contributed by atoms with Crippen LogP contribution in [-0.4, -0.2) is 22.6 Å². The third-order valence-corrected chi connectivity index (χ3v) is 6.83. The number of hydrogen-bond donors (Lipinski definition) is 1. The molecule has 3 aliphatic rings. The van der Waals surface area contributed by atoms with E-state index in [9.17, 15) is 18.8 Å². The fraction of sp³-hybridized carbons (Fsp3) is 0.292. The number of hydrogen-bond acceptors (Lipinski definition) is 3. The van der Waals surface area contributed by atoms with Gasteiger partial charge >= 0.3 is 0 Å². The lowest BCUT2D eigenvalue weighted by Gasteiger charge is -2.28. The molecule has 2 aromatic carbocycles. The van der Waals surface area contributed by atoms with Gasteiger partial charge in [-0.1, -0.05) is 35.9 Å². The molecule has 1 N–H and O–H groups in total. The molecule has 2 aliphatic carbocycles. The van der Waals surface area contributed by atoms with Crippen molar-refractivity contribution >= 4 is 35.0 Å². The second-order valence-corrected chi connectivity index (χ2v) is 8.81. The van der Waals surface area contributed by atoms with Crippen molar-refractivity contribution in [3.05, 3.63) is 77.1 Å². The van der Waals surface area contributed by atoms with E-state index in [1.807, 2.05) is 12.2 Å². The molecule has 5 nitrogen and oxygen atoms in total. The van der Waals surface area contributed by atoms with Crippen molar-refractivity contribution in [3.8, 4) is 0 Å². The largest absolute Gasteiger partial charge is 0.326 e. The number of anilines is 1. The first-order chi connectivity index (χ1) is 14.9. The zero-order valence-corrected chi connectivity index (χ0v) is 17.3. The minimum Gasteiger partial charge on any atom is -0.326 e. The quantitative estimate of drug-likeness (QED) is 0.557. The Balaban J connectivity index is 1.43. The van der Waals surface area contributed by atoms with Crippen molar-refractivity contribution in [2.24, 2.45) is 23.7 Å². The molecule has 0 radical (unpaired) electrons. The maximum absolute atomic E-state index is 13.5. The van der Waals surface area contributed by atoms with Crippen molar-refractivity contribution in [2.75, 3.05) is 5.32 Å². The molecule has 1 aliphatic heterocycles. The minimum atomic E-state index is -0.794. The van der Waals surface area contributed by atoms with Crippen LogP contribution in [0.4, 0.5) is 10.1 Å². The summed E-state index contributed by atoms with van der Waals surface area (Å²) in [5.74, 6) is -1.81. The molecule has 0 aromatic heterocycles. The van der Waals surface area contributed by atoms with E-state index >= 15 is 0 Å². The number of amides is 3. The normalized spacial score (nSPS) is 27.0. The zero-order valence-electron chi connectivity index (χ0n) is 16.5. The van der Waals surface area contributed by atoms with E-state index in [2.05, 4.69) is 5.32 Å². The summed E-state index contributed by atoms with van der Waals surface area (Å²) in [6.07, 6.45) is 4.77. The summed E-state index contributed by atoms with van der Waals surface area (Å²) in [6.45, 7) is 0. The first-order valence-electron chi connectivity index (χ1n) is 10.3. The number of halogens is 2. The Labute approximate surface area is 183 Å². The molecule has 0 spiro atoms. The van der Waals surface area contributed by atoms with Crippen LogP contribution in [0.2, 0.25) is 5.02 Å². The number of carbonyl (C=O) groups excluding carboxylic acids is 3. The molecular formula is C24H20ClFN2O3. The average Bonchev–Trinajstić information content (AvgIpc) is 3.43. The SMILES string of the molecule is O=C(CC(c1ccc(F)cc1)N1C(=O)C2C3C=CC(C3)C2C1=O)Nc1ccc(Cl)cc1. The van der Waals surface area contributed by atoms with Gasteiger partial charge in [0.1, 0.15) is 5.82 Å². The average molecular weight is 439 g/mol. The standard InChI is InChI=1S/C24H20ClFN2O3/c25-16-5-9-18(10-6-16)27-20(29)12-19(13-3-7-17(26)8-4-13)28-23(30)21-14-1-2-15(11-14)22(21)24(28)31/h1-10,14-15,19,21-22H,11-12H2,(H,27,29). The fourth-order valence-corrected chi connectivity index (χ4v) is 5.32. The number of nitrogens with one attached hydrogen (secondary N) is 1. The Hall–Kier alpha value is -2.99. The number of allylic oxidation sites excluding steroid dienone is 2. The molecule has 3 amide bonds. The van der Waals surface area contributed by atoms with Gasteiger partial charge in [-0.3, -0.25) is 19.3 Å². The predicted octanol–water partition coefficient (Wildman–Crippen LogP) is 4.36. The lowest BCUT2D eigenvalue weighted by molar-refractivity contribution is -0.144. The summed E-state index contributed by atoms with van der Waals surface area (Å²) >= 11 is 5.89. The molecular weight excluding hydrogens is 419 g/mol. The van der Waals surface area contributed by atoms with E-state index in [1.165, 1.54) is 29.2 Å². The van der Waals surface area contributed by atoms with Crippen molar-refractivity contribution in [1.29, 1.82) is 0 Å². The maximum atomic E-state index is 13.5. The molecule has 158 valence electrons. The van der Waals surface area contributed by atoms with E-state index in [1.54, 1.807) is 24.3 Å². The van der Waals surface area contributed by atoms with Gasteiger partial charge in [-0.2, -0.15) is 0 Å². The van der Waals surface area contributed by atoms with Gasteiger partial charge in [-0.25, -0.2) is 4.39 Å². The van der Waals surface area contributed by atoms with Crippen LogP contribution in [0.25, 0.3) is 0 Å². The first kappa shape index (κ1) is 19.9. The van der Waals surface area contributed by atoms with Gasteiger partial charge in [0.2, 0.25) is 17.7 Å². The minimum absolute atomic E-state index is 0.0770. The monoisotopic (exact) mass is 438 g/mol. The van der Waals surface area contributed by atoms with Gasteiger partial charge in [-0.05, 0) is 60.2 Å². The highest BCUT2D eigenvalue weighted by Gasteiger charge is 2.60. The Kier molecular flexibility index (Phi) is 4.89. The molecule has 5 atom stereocenters. The molecule has 1 saturated carbocycles. The first-order valence-corrected chi connectivity index (χ1v) is 10.7. The molecule has 2 bridgehead atoms. The number of carbonyl (C=O) groups is 3. The highest BCUT2D eigenvalue weighted by atomic mass is 35.5. The highest BCUT2D eigenvalue weighted by Crippen LogP contribution is 2.54. The lowest BCUT2D eigenvalue weighted by atomic mass is 9.85. The summed E-state index contributed by atoms with van der Waals surface area (Å²) in [6, 6.07) is 11.5. The zero-order chi connectivity index (χ0) is 21.7. The number of fused-ring (bicyclic) bond motifs is 5. The van der Waals surface area contributed by atoms with E-state index in [4.69, 9.17) is 11.6 Å². The van der Waals surface area contributed by atoms with Crippen LogP contribution in [0.15, 0.2) is 60.7 Å². The summed E-state index contributed by atoms with van der Waals surface area (Å²) in [5, 5.41) is 3.33. The van der Waals surface area contributed by atoms with Crippen LogP contribution in [0.3, 0.4) is 0 Å². The molecule has 5 rings (SSSR count). The Bertz CT molecular complexity index is 1050. The summed E-state index contributed by atoms with van der Waals surface area (Å²) in [4.78, 5) is 40.7. The molecule has 5 unspecified atom stereocenters. The van der Waals surface area contributed by atoms with Gasteiger partial charge in [-0.15, -0.1) is 0 Å². The summed E-state index contributed by atoms with van der Waals surface area (Å²) in [5.41, 5.74) is 1.11. The van der Waals surface area contributed by atoms with E-state index in [0.717, 1.165) is 6.42 Å². The van der Waals surface area contributed by atoms with Crippen molar-refractivity contribution in [2.45, 2.75) is 18.9 Å². The van der Waals surface area contributed by atoms with Crippen LogP contribution >= 0.6 is 11.6 Å². The predicted molar refractivity (Wildman–Crippen MR) is 113 cm³/mol. The summed E-state index contributed by atoms with van der Waals surface area (Å²) in [7, 11) is 0. The number of likely N-dealkylation sites (tertiary alicyclic amines) is 1. The van der Waals surface area contributed by atoms with E-state index in [-0.39, 0.29) is 47.8 Å². The van der Waals surface area contributed by atoms with Crippen LogP contribution in [-0.2, 0) is 14.4 Å². The number of benzene rings is 2. The van der Waals surface area contributed by atoms with Gasteiger partial charge in [0, 0.05) is 10.7 Å². The smallest absolute Gasteiger partial charge is 0.234 e. The molecule has 7 heteroatoms. The number of nitrogens with zero attached hydrogens (tertiary/aromatic N) is 1. The topological polar surface area (TPSA) is 66.5 Å². The van der Waals surface area contributed by atoms with Gasteiger partial charge in [0.15, 0.2) is 0 Å². The Morgan fingerprint density at radius 1 is 1.00 bits per heavy atom. The van der Waals surface area contributed by atoms with Crippen LogP contribution in [0.1, 0.15) is 24.4 Å². The van der Waals surface area contributed by atoms with Crippen molar-refractivity contribution in [1.82, 2.24) is 4.90 Å². The van der Waals surface area contributed by atoms with Gasteiger partial charge in [0.25, 0.3) is 0 Å². The van der Waals surface area contributed by atoms with Crippen molar-refractivity contribution < 1.29 is 18.8 Å². The third kappa shape index (κ3) is 3.45. The maximum Gasteiger partial charge on any atom is 0.234 e. The molecule has 2 fully saturated rings. The number of rotatable bonds is 5. The van der Waals surface area contributed by atoms with E-state index < -0.39 is 11.9 Å². The fourth-order valence-electron chi connectivity index (χ4n) is 5.20. The molecule has 2 aromatic rings.